The maximum atomic E-state index is 10.9. The van der Waals surface area contributed by atoms with Crippen molar-refractivity contribution in [2.45, 2.75) is 6.61 Å². The molecular weight excluding hydrogens is 362 g/mol. The van der Waals surface area contributed by atoms with Crippen LogP contribution in [0.1, 0.15) is 21.9 Å². The second kappa shape index (κ2) is 8.77. The molecule has 0 aliphatic heterocycles. The number of furan rings is 1. The van der Waals surface area contributed by atoms with Gasteiger partial charge in [0.1, 0.15) is 23.8 Å². The molecule has 0 unspecified atom stereocenters. The molecule has 0 spiro atoms. The Bertz CT molecular complexity index is 992. The number of methoxy groups -OCH3 is 2. The van der Waals surface area contributed by atoms with Crippen LogP contribution >= 0.6 is 0 Å². The van der Waals surface area contributed by atoms with Crippen LogP contribution in [0.3, 0.4) is 0 Å². The maximum Gasteiger partial charge on any atom is 0.371 e. The number of carboxylic acids is 1. The minimum absolute atomic E-state index is 0.0816. The van der Waals surface area contributed by atoms with E-state index in [0.29, 0.717) is 23.0 Å². The first-order valence-electron chi connectivity index (χ1n) is 8.40. The lowest BCUT2D eigenvalue weighted by Gasteiger charge is -2.10. The van der Waals surface area contributed by atoms with Crippen molar-refractivity contribution in [3.05, 3.63) is 71.7 Å². The topological polar surface area (TPSA) is 90.5 Å². The number of benzene rings is 2. The molecule has 28 heavy (non-hydrogen) atoms. The molecule has 3 rings (SSSR count). The molecule has 1 N–H and O–H groups in total. The van der Waals surface area contributed by atoms with Crippen LogP contribution in [0.2, 0.25) is 0 Å². The number of nitrogens with zero attached hydrogens (tertiary/aromatic N) is 1. The van der Waals surface area contributed by atoms with E-state index >= 15 is 0 Å². The number of ether oxygens (including phenoxy) is 3. The van der Waals surface area contributed by atoms with E-state index in [4.69, 9.17) is 23.7 Å². The zero-order valence-corrected chi connectivity index (χ0v) is 15.4. The number of hydrogen-bond acceptors (Lipinski definition) is 6. The molecule has 0 saturated carbocycles. The van der Waals surface area contributed by atoms with Gasteiger partial charge in [-0.3, -0.25) is 4.99 Å². The summed E-state index contributed by atoms with van der Waals surface area (Å²) in [6.07, 6.45) is 1.70. The van der Waals surface area contributed by atoms with Crippen molar-refractivity contribution < 1.29 is 28.5 Å². The highest BCUT2D eigenvalue weighted by Crippen LogP contribution is 2.30. The molecule has 3 aromatic rings. The number of carboxylic acid groups (broad SMARTS) is 1. The van der Waals surface area contributed by atoms with Crippen molar-refractivity contribution in [3.63, 3.8) is 0 Å². The third kappa shape index (κ3) is 4.50. The molecule has 0 amide bonds. The minimum Gasteiger partial charge on any atom is -0.494 e. The monoisotopic (exact) mass is 381 g/mol. The first kappa shape index (κ1) is 19.0. The average molecular weight is 381 g/mol. The number of hydrogen-bond donors (Lipinski definition) is 1. The van der Waals surface area contributed by atoms with Gasteiger partial charge in [-0.25, -0.2) is 4.79 Å². The number of carbonyl (C=O) groups is 1. The Hall–Kier alpha value is -3.74. The first-order chi connectivity index (χ1) is 13.6. The van der Waals surface area contributed by atoms with E-state index in [-0.39, 0.29) is 12.4 Å². The van der Waals surface area contributed by atoms with E-state index in [1.165, 1.54) is 6.07 Å². The number of rotatable bonds is 8. The van der Waals surface area contributed by atoms with Gasteiger partial charge >= 0.3 is 5.97 Å². The fourth-order valence-electron chi connectivity index (χ4n) is 2.48. The van der Waals surface area contributed by atoms with E-state index in [1.54, 1.807) is 38.6 Å². The molecule has 0 fully saturated rings. The molecule has 144 valence electrons. The van der Waals surface area contributed by atoms with Gasteiger partial charge in [-0.2, -0.15) is 0 Å². The van der Waals surface area contributed by atoms with Crippen molar-refractivity contribution in [2.24, 2.45) is 4.99 Å². The summed E-state index contributed by atoms with van der Waals surface area (Å²) >= 11 is 0. The summed E-state index contributed by atoms with van der Waals surface area (Å²) in [6, 6.07) is 15.8. The van der Waals surface area contributed by atoms with Crippen LogP contribution < -0.4 is 14.2 Å². The normalized spacial score (nSPS) is 10.8. The van der Waals surface area contributed by atoms with Crippen LogP contribution in [0.25, 0.3) is 0 Å². The van der Waals surface area contributed by atoms with Crippen LogP contribution in [0, 0.1) is 0 Å². The molecule has 2 aromatic carbocycles. The zero-order chi connectivity index (χ0) is 19.9. The van der Waals surface area contributed by atoms with Crippen LogP contribution in [0.4, 0.5) is 5.69 Å². The second-order valence-corrected chi connectivity index (χ2v) is 5.70. The van der Waals surface area contributed by atoms with Gasteiger partial charge in [-0.1, -0.05) is 12.1 Å². The highest BCUT2D eigenvalue weighted by molar-refractivity contribution is 5.84. The van der Waals surface area contributed by atoms with Crippen molar-refractivity contribution >= 4 is 17.9 Å². The van der Waals surface area contributed by atoms with Gasteiger partial charge in [0, 0.05) is 6.21 Å². The molecule has 1 heterocycles. The largest absolute Gasteiger partial charge is 0.494 e. The van der Waals surface area contributed by atoms with Crippen molar-refractivity contribution in [1.29, 1.82) is 0 Å². The van der Waals surface area contributed by atoms with Crippen molar-refractivity contribution in [2.75, 3.05) is 14.2 Å². The average Bonchev–Trinajstić information content (AvgIpc) is 3.20. The van der Waals surface area contributed by atoms with Gasteiger partial charge in [0.05, 0.1) is 14.2 Å². The van der Waals surface area contributed by atoms with E-state index in [9.17, 15) is 4.79 Å². The molecule has 0 aliphatic rings. The van der Waals surface area contributed by atoms with Gasteiger partial charge in [0.2, 0.25) is 5.76 Å². The highest BCUT2D eigenvalue weighted by Gasteiger charge is 2.11. The Balaban J connectivity index is 1.72. The minimum atomic E-state index is -1.12. The fourth-order valence-corrected chi connectivity index (χ4v) is 2.48. The summed E-state index contributed by atoms with van der Waals surface area (Å²) in [5.41, 5.74) is 1.54. The number of para-hydroxylation sites is 2. The summed E-state index contributed by atoms with van der Waals surface area (Å²) in [5, 5.41) is 8.89. The summed E-state index contributed by atoms with van der Waals surface area (Å²) < 4.78 is 21.5. The molecule has 7 nitrogen and oxygen atoms in total. The fraction of sp³-hybridized carbons (Fsp3) is 0.143. The Morgan fingerprint density at radius 2 is 1.82 bits per heavy atom. The predicted molar refractivity (Wildman–Crippen MR) is 103 cm³/mol. The summed E-state index contributed by atoms with van der Waals surface area (Å²) in [6.45, 7) is 0.0816. The third-order valence-corrected chi connectivity index (χ3v) is 3.87. The van der Waals surface area contributed by atoms with E-state index in [0.717, 1.165) is 11.3 Å². The molecule has 0 radical (unpaired) electrons. The third-order valence-electron chi connectivity index (χ3n) is 3.87. The van der Waals surface area contributed by atoms with Gasteiger partial charge in [-0.15, -0.1) is 0 Å². The van der Waals surface area contributed by atoms with Crippen LogP contribution in [-0.4, -0.2) is 31.5 Å². The zero-order valence-electron chi connectivity index (χ0n) is 15.4. The van der Waals surface area contributed by atoms with Gasteiger partial charge < -0.3 is 23.7 Å². The van der Waals surface area contributed by atoms with Gasteiger partial charge in [0.25, 0.3) is 0 Å². The standard InChI is InChI=1S/C21H19NO6/c1-25-17-6-4-3-5-16(17)22-12-14-7-9-18(20(11-14)26-2)27-13-15-8-10-19(28-15)21(23)24/h3-12H,13H2,1-2H3,(H,23,24). The summed E-state index contributed by atoms with van der Waals surface area (Å²) in [7, 11) is 3.14. The van der Waals surface area contributed by atoms with E-state index in [1.807, 2.05) is 30.3 Å². The highest BCUT2D eigenvalue weighted by atomic mass is 16.5. The number of aromatic carboxylic acids is 1. The lowest BCUT2D eigenvalue weighted by Crippen LogP contribution is -1.98. The van der Waals surface area contributed by atoms with E-state index < -0.39 is 5.97 Å². The molecular formula is C21H19NO6. The second-order valence-electron chi connectivity index (χ2n) is 5.70. The molecule has 7 heteroatoms. The molecule has 0 aliphatic carbocycles. The lowest BCUT2D eigenvalue weighted by atomic mass is 10.2. The lowest BCUT2D eigenvalue weighted by molar-refractivity contribution is 0.0658. The van der Waals surface area contributed by atoms with Crippen molar-refractivity contribution in [3.8, 4) is 17.2 Å². The van der Waals surface area contributed by atoms with Crippen molar-refractivity contribution in [1.82, 2.24) is 0 Å². The smallest absolute Gasteiger partial charge is 0.371 e. The Kier molecular flexibility index (Phi) is 5.96. The van der Waals surface area contributed by atoms with Crippen LogP contribution in [-0.2, 0) is 6.61 Å². The number of aliphatic imine (C=N–C) groups is 1. The molecule has 0 saturated heterocycles. The van der Waals surface area contributed by atoms with Gasteiger partial charge in [0.15, 0.2) is 11.5 Å². The summed E-state index contributed by atoms with van der Waals surface area (Å²) in [4.78, 5) is 15.3. The quantitative estimate of drug-likeness (QED) is 0.584. The Morgan fingerprint density at radius 1 is 1.04 bits per heavy atom. The molecule has 1 aromatic heterocycles. The SMILES string of the molecule is COc1ccccc1N=Cc1ccc(OCc2ccc(C(=O)O)o2)c(OC)c1. The first-order valence-corrected chi connectivity index (χ1v) is 8.40. The maximum absolute atomic E-state index is 10.9. The Labute approximate surface area is 161 Å². The molecule has 0 atom stereocenters. The van der Waals surface area contributed by atoms with Crippen LogP contribution in [0.15, 0.2) is 64.0 Å². The predicted octanol–water partition coefficient (Wildman–Crippen LogP) is 4.32. The Morgan fingerprint density at radius 3 is 2.54 bits per heavy atom. The summed E-state index contributed by atoms with van der Waals surface area (Å²) in [5.74, 6) is 0.862. The van der Waals surface area contributed by atoms with E-state index in [2.05, 4.69) is 4.99 Å². The van der Waals surface area contributed by atoms with Crippen LogP contribution in [0.5, 0.6) is 17.2 Å². The van der Waals surface area contributed by atoms with Gasteiger partial charge in [-0.05, 0) is 48.0 Å². The molecule has 0 bridgehead atoms.